The largest absolute Gasteiger partial charge is 0.508 e. The maximum Gasteiger partial charge on any atom is 0.150 e. The van der Waals surface area contributed by atoms with Crippen molar-refractivity contribution in [1.82, 2.24) is 9.97 Å². The lowest BCUT2D eigenvalue weighted by atomic mass is 10.1. The number of nitrogens with zero attached hydrogens (tertiary/aromatic N) is 3. The van der Waals surface area contributed by atoms with Gasteiger partial charge >= 0.3 is 0 Å². The number of aryl methyl sites for hydroxylation is 1. The molecule has 0 unspecified atom stereocenters. The first-order chi connectivity index (χ1) is 11.6. The first kappa shape index (κ1) is 15.5. The molecule has 1 aromatic heterocycles. The lowest BCUT2D eigenvalue weighted by Crippen LogP contribution is -1.99. The van der Waals surface area contributed by atoms with Gasteiger partial charge in [-0.2, -0.15) is 5.10 Å². The second kappa shape index (κ2) is 6.78. The standard InChI is InChI=1S/C18H16N4O2/c1-12-20-16(13-5-3-2-4-6-13)10-18(21-12)22-19-11-14-7-8-15(23)9-17(14)24/h2-11,23-24H,1H3,(H,20,21,22). The predicted octanol–water partition coefficient (Wildman–Crippen LogP) is 3.31. The summed E-state index contributed by atoms with van der Waals surface area (Å²) in [5.41, 5.74) is 5.10. The molecule has 0 saturated heterocycles. The van der Waals surface area contributed by atoms with Crippen LogP contribution in [-0.2, 0) is 0 Å². The third-order valence-corrected chi connectivity index (χ3v) is 3.30. The Morgan fingerprint density at radius 1 is 1.00 bits per heavy atom. The van der Waals surface area contributed by atoms with Crippen molar-refractivity contribution in [1.29, 1.82) is 0 Å². The van der Waals surface area contributed by atoms with Gasteiger partial charge in [0.2, 0.25) is 0 Å². The molecule has 0 aliphatic rings. The average molecular weight is 320 g/mol. The minimum Gasteiger partial charge on any atom is -0.508 e. The summed E-state index contributed by atoms with van der Waals surface area (Å²) in [7, 11) is 0. The van der Waals surface area contributed by atoms with Gasteiger partial charge in [-0.1, -0.05) is 30.3 Å². The van der Waals surface area contributed by atoms with Gasteiger partial charge in [0.1, 0.15) is 23.1 Å². The van der Waals surface area contributed by atoms with Gasteiger partial charge in [-0.25, -0.2) is 9.97 Å². The summed E-state index contributed by atoms with van der Waals surface area (Å²) < 4.78 is 0. The zero-order valence-corrected chi connectivity index (χ0v) is 13.0. The summed E-state index contributed by atoms with van der Waals surface area (Å²) in [5, 5.41) is 23.1. The first-order valence-electron chi connectivity index (χ1n) is 7.34. The van der Waals surface area contributed by atoms with Crippen LogP contribution < -0.4 is 5.43 Å². The van der Waals surface area contributed by atoms with Gasteiger partial charge in [-0.15, -0.1) is 0 Å². The number of hydrogen-bond donors (Lipinski definition) is 3. The lowest BCUT2D eigenvalue weighted by Gasteiger charge is -2.06. The highest BCUT2D eigenvalue weighted by molar-refractivity contribution is 5.84. The Labute approximate surface area is 139 Å². The van der Waals surface area contributed by atoms with Crippen molar-refractivity contribution in [2.75, 3.05) is 5.43 Å². The van der Waals surface area contributed by atoms with Gasteiger partial charge in [0.05, 0.1) is 11.9 Å². The van der Waals surface area contributed by atoms with Crippen LogP contribution in [0.5, 0.6) is 11.5 Å². The molecule has 3 aromatic rings. The van der Waals surface area contributed by atoms with Crippen molar-refractivity contribution in [3.63, 3.8) is 0 Å². The van der Waals surface area contributed by atoms with Crippen LogP contribution in [-0.4, -0.2) is 26.4 Å². The Bertz CT molecular complexity index is 879. The molecule has 1 heterocycles. The Morgan fingerprint density at radius 3 is 2.54 bits per heavy atom. The second-order valence-corrected chi connectivity index (χ2v) is 5.16. The van der Waals surface area contributed by atoms with Crippen LogP contribution in [0.25, 0.3) is 11.3 Å². The van der Waals surface area contributed by atoms with E-state index in [0.717, 1.165) is 11.3 Å². The Hall–Kier alpha value is -3.41. The van der Waals surface area contributed by atoms with E-state index in [1.165, 1.54) is 18.3 Å². The smallest absolute Gasteiger partial charge is 0.150 e. The molecule has 2 aromatic carbocycles. The van der Waals surface area contributed by atoms with E-state index in [1.54, 1.807) is 12.1 Å². The van der Waals surface area contributed by atoms with Gasteiger partial charge in [0.25, 0.3) is 0 Å². The van der Waals surface area contributed by atoms with Crippen LogP contribution in [0.1, 0.15) is 11.4 Å². The molecule has 0 bridgehead atoms. The summed E-state index contributed by atoms with van der Waals surface area (Å²) in [4.78, 5) is 8.71. The number of benzene rings is 2. The number of rotatable bonds is 4. The SMILES string of the molecule is Cc1nc(NN=Cc2ccc(O)cc2O)cc(-c2ccccc2)n1. The summed E-state index contributed by atoms with van der Waals surface area (Å²) in [5.74, 6) is 1.12. The van der Waals surface area contributed by atoms with E-state index >= 15 is 0 Å². The molecule has 6 nitrogen and oxygen atoms in total. The Balaban J connectivity index is 1.80. The van der Waals surface area contributed by atoms with Crippen molar-refractivity contribution in [2.24, 2.45) is 5.10 Å². The number of hydrogen-bond acceptors (Lipinski definition) is 6. The molecule has 120 valence electrons. The van der Waals surface area contributed by atoms with Crippen LogP contribution >= 0.6 is 0 Å². The molecule has 0 amide bonds. The summed E-state index contributed by atoms with van der Waals surface area (Å²) >= 11 is 0. The van der Waals surface area contributed by atoms with E-state index in [1.807, 2.05) is 37.3 Å². The number of anilines is 1. The number of phenols is 2. The van der Waals surface area contributed by atoms with Crippen molar-refractivity contribution in [3.8, 4) is 22.8 Å². The molecule has 0 fully saturated rings. The highest BCUT2D eigenvalue weighted by Crippen LogP contribution is 2.21. The molecule has 0 atom stereocenters. The van der Waals surface area contributed by atoms with E-state index in [0.29, 0.717) is 17.2 Å². The minimum atomic E-state index is -0.0515. The summed E-state index contributed by atoms with van der Waals surface area (Å²) in [6.45, 7) is 1.81. The monoisotopic (exact) mass is 320 g/mol. The molecule has 3 N–H and O–H groups in total. The number of aromatic hydroxyl groups is 2. The Morgan fingerprint density at radius 2 is 1.79 bits per heavy atom. The van der Waals surface area contributed by atoms with Crippen LogP contribution in [0, 0.1) is 6.92 Å². The molecular formula is C18H16N4O2. The van der Waals surface area contributed by atoms with E-state index in [9.17, 15) is 10.2 Å². The second-order valence-electron chi connectivity index (χ2n) is 5.16. The minimum absolute atomic E-state index is 0.00321. The van der Waals surface area contributed by atoms with Gasteiger partial charge < -0.3 is 10.2 Å². The van der Waals surface area contributed by atoms with Gasteiger partial charge in [-0.05, 0) is 19.1 Å². The third kappa shape index (κ3) is 3.67. The van der Waals surface area contributed by atoms with Gasteiger partial charge in [0.15, 0.2) is 0 Å². The van der Waals surface area contributed by atoms with Crippen molar-refractivity contribution >= 4 is 12.0 Å². The van der Waals surface area contributed by atoms with Gasteiger partial charge in [0, 0.05) is 23.3 Å². The highest BCUT2D eigenvalue weighted by Gasteiger charge is 2.04. The van der Waals surface area contributed by atoms with Crippen molar-refractivity contribution in [3.05, 3.63) is 66.0 Å². The topological polar surface area (TPSA) is 90.6 Å². The fourth-order valence-corrected chi connectivity index (χ4v) is 2.19. The molecule has 6 heteroatoms. The quantitative estimate of drug-likeness (QED) is 0.507. The molecule has 0 radical (unpaired) electrons. The first-order valence-corrected chi connectivity index (χ1v) is 7.34. The fraction of sp³-hybridized carbons (Fsp3) is 0.0556. The number of hydrazone groups is 1. The van der Waals surface area contributed by atoms with E-state index in [4.69, 9.17) is 0 Å². The highest BCUT2D eigenvalue weighted by atomic mass is 16.3. The molecule has 0 aliphatic carbocycles. The van der Waals surface area contributed by atoms with Crippen LogP contribution in [0.4, 0.5) is 5.82 Å². The van der Waals surface area contributed by atoms with Gasteiger partial charge in [-0.3, -0.25) is 5.43 Å². The molecule has 24 heavy (non-hydrogen) atoms. The number of aromatic nitrogens is 2. The number of phenolic OH excluding ortho intramolecular Hbond substituents is 2. The maximum atomic E-state index is 9.72. The average Bonchev–Trinajstić information content (AvgIpc) is 2.57. The van der Waals surface area contributed by atoms with Crippen molar-refractivity contribution in [2.45, 2.75) is 6.92 Å². The van der Waals surface area contributed by atoms with E-state index in [2.05, 4.69) is 20.5 Å². The van der Waals surface area contributed by atoms with Crippen LogP contribution in [0.15, 0.2) is 59.7 Å². The van der Waals surface area contributed by atoms with E-state index in [-0.39, 0.29) is 11.5 Å². The maximum absolute atomic E-state index is 9.72. The predicted molar refractivity (Wildman–Crippen MR) is 93.2 cm³/mol. The number of nitrogens with one attached hydrogen (secondary N) is 1. The normalized spacial score (nSPS) is 10.9. The summed E-state index contributed by atoms with van der Waals surface area (Å²) in [6, 6.07) is 15.9. The molecule has 0 saturated carbocycles. The Kier molecular flexibility index (Phi) is 4.38. The molecule has 0 aliphatic heterocycles. The van der Waals surface area contributed by atoms with Crippen LogP contribution in [0.2, 0.25) is 0 Å². The van der Waals surface area contributed by atoms with E-state index < -0.39 is 0 Å². The summed E-state index contributed by atoms with van der Waals surface area (Å²) in [6.07, 6.45) is 1.45. The fourth-order valence-electron chi connectivity index (χ4n) is 2.19. The van der Waals surface area contributed by atoms with Crippen LogP contribution in [0.3, 0.4) is 0 Å². The third-order valence-electron chi connectivity index (χ3n) is 3.30. The lowest BCUT2D eigenvalue weighted by molar-refractivity contribution is 0.450. The zero-order chi connectivity index (χ0) is 16.9. The molecule has 0 spiro atoms. The van der Waals surface area contributed by atoms with Crippen molar-refractivity contribution < 1.29 is 10.2 Å². The molecule has 3 rings (SSSR count). The zero-order valence-electron chi connectivity index (χ0n) is 13.0. The molecular weight excluding hydrogens is 304 g/mol.